The summed E-state index contributed by atoms with van der Waals surface area (Å²) in [6.45, 7) is 1.80. The van der Waals surface area contributed by atoms with E-state index in [0.29, 0.717) is 5.92 Å². The number of hydrogen-bond donors (Lipinski definition) is 0. The topological polar surface area (TPSA) is 18.5 Å². The zero-order chi connectivity index (χ0) is 11.5. The Labute approximate surface area is 103 Å². The minimum Gasteiger partial charge on any atom is -0.352 e. The van der Waals surface area contributed by atoms with Crippen molar-refractivity contribution in [2.75, 3.05) is 13.2 Å². The highest BCUT2D eigenvalue weighted by molar-refractivity contribution is 5.14. The van der Waals surface area contributed by atoms with Crippen LogP contribution in [0.1, 0.15) is 24.8 Å². The van der Waals surface area contributed by atoms with Gasteiger partial charge in [-0.05, 0) is 37.2 Å². The number of benzene rings is 1. The average molecular weight is 232 g/mol. The van der Waals surface area contributed by atoms with E-state index < -0.39 is 0 Å². The van der Waals surface area contributed by atoms with Crippen LogP contribution in [0, 0.1) is 11.8 Å². The Balaban J connectivity index is 1.46. The van der Waals surface area contributed by atoms with E-state index in [0.717, 1.165) is 19.1 Å². The maximum absolute atomic E-state index is 5.67. The third-order valence-electron chi connectivity index (χ3n) is 4.05. The Morgan fingerprint density at radius 2 is 2.00 bits per heavy atom. The predicted molar refractivity (Wildman–Crippen MR) is 66.7 cm³/mol. The monoisotopic (exact) mass is 232 g/mol. The van der Waals surface area contributed by atoms with E-state index >= 15 is 0 Å². The van der Waals surface area contributed by atoms with Crippen molar-refractivity contribution in [3.63, 3.8) is 0 Å². The molecule has 0 radical (unpaired) electrons. The zero-order valence-electron chi connectivity index (χ0n) is 10.2. The van der Waals surface area contributed by atoms with E-state index in [2.05, 4.69) is 30.3 Å². The molecule has 0 spiro atoms. The lowest BCUT2D eigenvalue weighted by molar-refractivity contribution is -0.0905. The van der Waals surface area contributed by atoms with E-state index in [4.69, 9.17) is 9.47 Å². The lowest BCUT2D eigenvalue weighted by atomic mass is 9.88. The first-order chi connectivity index (χ1) is 8.43. The van der Waals surface area contributed by atoms with Gasteiger partial charge >= 0.3 is 0 Å². The van der Waals surface area contributed by atoms with Gasteiger partial charge in [-0.2, -0.15) is 0 Å². The molecule has 2 aliphatic heterocycles. The SMILES string of the molecule is c1ccc(CCCC2COC3OCCC23)cc1. The molecule has 17 heavy (non-hydrogen) atoms. The minimum absolute atomic E-state index is 0.122. The molecule has 0 aromatic heterocycles. The summed E-state index contributed by atoms with van der Waals surface area (Å²) >= 11 is 0. The number of hydrogen-bond acceptors (Lipinski definition) is 2. The standard InChI is InChI=1S/C15H20O2/c1-2-5-12(6-3-1)7-4-8-13-11-17-15-14(13)9-10-16-15/h1-3,5-6,13-15H,4,7-11H2. The number of fused-ring (bicyclic) bond motifs is 1. The van der Waals surface area contributed by atoms with Crippen LogP contribution in [0.3, 0.4) is 0 Å². The first kappa shape index (κ1) is 11.2. The second-order valence-corrected chi connectivity index (χ2v) is 5.16. The molecule has 0 saturated carbocycles. The van der Waals surface area contributed by atoms with E-state index in [1.807, 2.05) is 0 Å². The second kappa shape index (κ2) is 5.19. The third-order valence-corrected chi connectivity index (χ3v) is 4.05. The molecule has 2 fully saturated rings. The van der Waals surface area contributed by atoms with Crippen molar-refractivity contribution in [1.82, 2.24) is 0 Å². The first-order valence-electron chi connectivity index (χ1n) is 6.70. The van der Waals surface area contributed by atoms with Crippen LogP contribution in [0.15, 0.2) is 30.3 Å². The van der Waals surface area contributed by atoms with Crippen molar-refractivity contribution >= 4 is 0 Å². The molecule has 3 unspecified atom stereocenters. The minimum atomic E-state index is 0.122. The van der Waals surface area contributed by atoms with Gasteiger partial charge in [0, 0.05) is 5.92 Å². The van der Waals surface area contributed by atoms with Gasteiger partial charge in [0.1, 0.15) is 0 Å². The fraction of sp³-hybridized carbons (Fsp3) is 0.600. The highest BCUT2D eigenvalue weighted by Gasteiger charge is 2.40. The molecule has 0 amide bonds. The molecule has 3 atom stereocenters. The molecule has 2 aliphatic rings. The van der Waals surface area contributed by atoms with Gasteiger partial charge in [0.25, 0.3) is 0 Å². The van der Waals surface area contributed by atoms with Crippen LogP contribution in [0.4, 0.5) is 0 Å². The average Bonchev–Trinajstić information content (AvgIpc) is 2.95. The molecular formula is C15H20O2. The molecular weight excluding hydrogens is 212 g/mol. The van der Waals surface area contributed by atoms with Gasteiger partial charge in [-0.25, -0.2) is 0 Å². The third kappa shape index (κ3) is 2.53. The van der Waals surface area contributed by atoms with Crippen molar-refractivity contribution in [3.8, 4) is 0 Å². The zero-order valence-corrected chi connectivity index (χ0v) is 10.2. The summed E-state index contributed by atoms with van der Waals surface area (Å²) in [5.74, 6) is 1.40. The van der Waals surface area contributed by atoms with E-state index in [1.165, 1.54) is 31.2 Å². The van der Waals surface area contributed by atoms with Gasteiger partial charge < -0.3 is 9.47 Å². The predicted octanol–water partition coefficient (Wildman–Crippen LogP) is 3.02. The molecule has 2 heteroatoms. The van der Waals surface area contributed by atoms with Crippen molar-refractivity contribution in [1.29, 1.82) is 0 Å². The summed E-state index contributed by atoms with van der Waals surface area (Å²) in [6.07, 6.45) is 5.05. The van der Waals surface area contributed by atoms with Gasteiger partial charge in [0.2, 0.25) is 0 Å². The Morgan fingerprint density at radius 3 is 2.88 bits per heavy atom. The second-order valence-electron chi connectivity index (χ2n) is 5.16. The quantitative estimate of drug-likeness (QED) is 0.794. The summed E-state index contributed by atoms with van der Waals surface area (Å²) < 4.78 is 11.2. The highest BCUT2D eigenvalue weighted by Crippen LogP contribution is 2.37. The maximum Gasteiger partial charge on any atom is 0.160 e. The van der Waals surface area contributed by atoms with Crippen molar-refractivity contribution in [2.24, 2.45) is 11.8 Å². The van der Waals surface area contributed by atoms with Crippen molar-refractivity contribution in [3.05, 3.63) is 35.9 Å². The molecule has 0 N–H and O–H groups in total. The van der Waals surface area contributed by atoms with Crippen LogP contribution < -0.4 is 0 Å². The van der Waals surface area contributed by atoms with E-state index in [1.54, 1.807) is 0 Å². The number of ether oxygens (including phenoxy) is 2. The van der Waals surface area contributed by atoms with E-state index in [-0.39, 0.29) is 6.29 Å². The molecule has 0 bridgehead atoms. The Bertz CT molecular complexity index is 349. The van der Waals surface area contributed by atoms with Crippen LogP contribution in [-0.2, 0) is 15.9 Å². The van der Waals surface area contributed by atoms with Gasteiger partial charge in [-0.15, -0.1) is 0 Å². The molecule has 2 heterocycles. The highest BCUT2D eigenvalue weighted by atomic mass is 16.7. The van der Waals surface area contributed by atoms with Crippen LogP contribution in [-0.4, -0.2) is 19.5 Å². The molecule has 0 aliphatic carbocycles. The maximum atomic E-state index is 5.67. The smallest absolute Gasteiger partial charge is 0.160 e. The molecule has 1 aromatic rings. The summed E-state index contributed by atoms with van der Waals surface area (Å²) in [5, 5.41) is 0. The first-order valence-corrected chi connectivity index (χ1v) is 6.70. The summed E-state index contributed by atoms with van der Waals surface area (Å²) in [6, 6.07) is 10.7. The van der Waals surface area contributed by atoms with Crippen LogP contribution in [0.5, 0.6) is 0 Å². The van der Waals surface area contributed by atoms with Crippen LogP contribution in [0.2, 0.25) is 0 Å². The van der Waals surface area contributed by atoms with Gasteiger partial charge in [-0.1, -0.05) is 30.3 Å². The van der Waals surface area contributed by atoms with Gasteiger partial charge in [0.05, 0.1) is 13.2 Å². The summed E-state index contributed by atoms with van der Waals surface area (Å²) in [7, 11) is 0. The number of rotatable bonds is 4. The van der Waals surface area contributed by atoms with Crippen LogP contribution >= 0.6 is 0 Å². The molecule has 2 saturated heterocycles. The molecule has 1 aromatic carbocycles. The largest absolute Gasteiger partial charge is 0.352 e. The summed E-state index contributed by atoms with van der Waals surface area (Å²) in [4.78, 5) is 0. The van der Waals surface area contributed by atoms with Gasteiger partial charge in [-0.3, -0.25) is 0 Å². The Kier molecular flexibility index (Phi) is 3.44. The fourth-order valence-electron chi connectivity index (χ4n) is 3.06. The lowest BCUT2D eigenvalue weighted by Crippen LogP contribution is -2.15. The molecule has 92 valence electrons. The normalized spacial score (nSPS) is 31.6. The van der Waals surface area contributed by atoms with Crippen LogP contribution in [0.25, 0.3) is 0 Å². The molecule has 2 nitrogen and oxygen atoms in total. The lowest BCUT2D eigenvalue weighted by Gasteiger charge is -2.14. The van der Waals surface area contributed by atoms with Crippen molar-refractivity contribution in [2.45, 2.75) is 32.0 Å². The van der Waals surface area contributed by atoms with Crippen molar-refractivity contribution < 1.29 is 9.47 Å². The number of aryl methyl sites for hydroxylation is 1. The summed E-state index contributed by atoms with van der Waals surface area (Å²) in [5.41, 5.74) is 1.45. The fourth-order valence-corrected chi connectivity index (χ4v) is 3.06. The Morgan fingerprint density at radius 1 is 1.12 bits per heavy atom. The van der Waals surface area contributed by atoms with Gasteiger partial charge in [0.15, 0.2) is 6.29 Å². The molecule has 3 rings (SSSR count). The Hall–Kier alpha value is -0.860. The van der Waals surface area contributed by atoms with E-state index in [9.17, 15) is 0 Å².